The van der Waals surface area contributed by atoms with Crippen LogP contribution in [0.15, 0.2) is 72.8 Å². The summed E-state index contributed by atoms with van der Waals surface area (Å²) in [6, 6.07) is 24.5. The monoisotopic (exact) mass is 343 g/mol. The summed E-state index contributed by atoms with van der Waals surface area (Å²) in [6.07, 6.45) is 0. The molecular formula is C22H21N3O. The topological polar surface area (TPSA) is 38.6 Å². The average Bonchev–Trinajstić information content (AvgIpc) is 3.07. The maximum Gasteiger partial charge on any atom is 0.139 e. The number of pyridine rings is 1. The van der Waals surface area contributed by atoms with Crippen molar-refractivity contribution >= 4 is 11.5 Å². The van der Waals surface area contributed by atoms with Gasteiger partial charge in [0.25, 0.3) is 0 Å². The van der Waals surface area contributed by atoms with Crippen molar-refractivity contribution in [3.63, 3.8) is 0 Å². The summed E-state index contributed by atoms with van der Waals surface area (Å²) in [5, 5.41) is 3.59. The Hall–Kier alpha value is -3.27. The van der Waals surface area contributed by atoms with Crippen molar-refractivity contribution in [3.05, 3.63) is 84.1 Å². The molecule has 0 saturated carbocycles. The average molecular weight is 343 g/mol. The van der Waals surface area contributed by atoms with Gasteiger partial charge in [0.15, 0.2) is 0 Å². The Labute approximate surface area is 153 Å². The maximum absolute atomic E-state index is 5.57. The summed E-state index contributed by atoms with van der Waals surface area (Å²) in [7, 11) is 1.69. The molecule has 0 unspecified atom stereocenters. The van der Waals surface area contributed by atoms with E-state index in [0.29, 0.717) is 0 Å². The van der Waals surface area contributed by atoms with Gasteiger partial charge in [0.1, 0.15) is 22.9 Å². The third kappa shape index (κ3) is 2.90. The Bertz CT molecular complexity index is 1040. The molecule has 1 N–H and O–H groups in total. The fourth-order valence-electron chi connectivity index (χ4n) is 3.23. The van der Waals surface area contributed by atoms with E-state index in [2.05, 4.69) is 47.0 Å². The van der Waals surface area contributed by atoms with Crippen molar-refractivity contribution < 1.29 is 4.74 Å². The van der Waals surface area contributed by atoms with Gasteiger partial charge in [-0.05, 0) is 36.8 Å². The molecule has 2 aromatic carbocycles. The maximum atomic E-state index is 5.57. The molecule has 4 aromatic rings. The van der Waals surface area contributed by atoms with Gasteiger partial charge in [-0.15, -0.1) is 0 Å². The molecule has 0 radical (unpaired) electrons. The van der Waals surface area contributed by atoms with Crippen molar-refractivity contribution in [2.75, 3.05) is 12.4 Å². The van der Waals surface area contributed by atoms with E-state index < -0.39 is 0 Å². The minimum Gasteiger partial charge on any atom is -0.496 e. The first kappa shape index (κ1) is 16.2. The zero-order valence-electron chi connectivity index (χ0n) is 14.9. The number of benzene rings is 2. The highest BCUT2D eigenvalue weighted by Gasteiger charge is 2.18. The molecule has 0 aliphatic heterocycles. The zero-order chi connectivity index (χ0) is 17.9. The van der Waals surface area contributed by atoms with Crippen molar-refractivity contribution in [3.8, 4) is 17.0 Å². The second-order valence-electron chi connectivity index (χ2n) is 6.21. The van der Waals surface area contributed by atoms with E-state index in [9.17, 15) is 0 Å². The standard InChI is InChI=1S/C22H21N3O/c1-16-9-8-14-20-24-21(18-12-6-7-13-19(18)26-2)22(25(16)20)23-15-17-10-4-3-5-11-17/h3-14,23H,15H2,1-2H3. The number of aromatic nitrogens is 2. The van der Waals surface area contributed by atoms with Crippen LogP contribution in [0.3, 0.4) is 0 Å². The molecule has 2 aromatic heterocycles. The number of imidazole rings is 1. The molecule has 130 valence electrons. The van der Waals surface area contributed by atoms with E-state index in [1.54, 1.807) is 7.11 Å². The van der Waals surface area contributed by atoms with Crippen LogP contribution >= 0.6 is 0 Å². The first-order valence-electron chi connectivity index (χ1n) is 8.67. The predicted molar refractivity (Wildman–Crippen MR) is 106 cm³/mol. The number of anilines is 1. The lowest BCUT2D eigenvalue weighted by Crippen LogP contribution is -2.05. The van der Waals surface area contributed by atoms with Gasteiger partial charge in [0.05, 0.1) is 7.11 Å². The van der Waals surface area contributed by atoms with Crippen molar-refractivity contribution in [1.29, 1.82) is 0 Å². The number of nitrogens with zero attached hydrogens (tertiary/aromatic N) is 2. The number of hydrogen-bond acceptors (Lipinski definition) is 3. The molecule has 26 heavy (non-hydrogen) atoms. The van der Waals surface area contributed by atoms with Gasteiger partial charge in [0, 0.05) is 17.8 Å². The van der Waals surface area contributed by atoms with Crippen LogP contribution in [0, 0.1) is 6.92 Å². The van der Waals surface area contributed by atoms with Crippen molar-refractivity contribution in [1.82, 2.24) is 9.38 Å². The number of ether oxygens (including phenoxy) is 1. The van der Waals surface area contributed by atoms with Gasteiger partial charge in [-0.3, -0.25) is 4.40 Å². The van der Waals surface area contributed by atoms with E-state index in [0.717, 1.165) is 40.7 Å². The van der Waals surface area contributed by atoms with Gasteiger partial charge < -0.3 is 10.1 Å². The molecule has 4 nitrogen and oxygen atoms in total. The highest BCUT2D eigenvalue weighted by atomic mass is 16.5. The predicted octanol–water partition coefficient (Wildman–Crippen LogP) is 4.93. The summed E-state index contributed by atoms with van der Waals surface area (Å²) in [6.45, 7) is 2.82. The minimum absolute atomic E-state index is 0.727. The summed E-state index contributed by atoms with van der Waals surface area (Å²) < 4.78 is 7.72. The van der Waals surface area contributed by atoms with Gasteiger partial charge in [0.2, 0.25) is 0 Å². The van der Waals surface area contributed by atoms with Crippen LogP contribution in [-0.4, -0.2) is 16.5 Å². The van der Waals surface area contributed by atoms with Gasteiger partial charge in [-0.2, -0.15) is 0 Å². The van der Waals surface area contributed by atoms with Crippen LogP contribution in [0.5, 0.6) is 5.75 Å². The van der Waals surface area contributed by atoms with Crippen LogP contribution in [0.1, 0.15) is 11.3 Å². The molecule has 0 aliphatic carbocycles. The van der Waals surface area contributed by atoms with Crippen LogP contribution < -0.4 is 10.1 Å². The second kappa shape index (κ2) is 6.92. The van der Waals surface area contributed by atoms with Gasteiger partial charge in [-0.25, -0.2) is 4.98 Å². The molecule has 0 spiro atoms. The number of rotatable bonds is 5. The molecule has 2 heterocycles. The Balaban J connectivity index is 1.85. The molecule has 0 saturated heterocycles. The van der Waals surface area contributed by atoms with E-state index in [4.69, 9.17) is 9.72 Å². The highest BCUT2D eigenvalue weighted by Crippen LogP contribution is 2.35. The van der Waals surface area contributed by atoms with E-state index in [1.807, 2.05) is 42.5 Å². The summed E-state index contributed by atoms with van der Waals surface area (Å²) in [4.78, 5) is 4.89. The van der Waals surface area contributed by atoms with Crippen LogP contribution in [0.25, 0.3) is 16.9 Å². The number of fused-ring (bicyclic) bond motifs is 1. The lowest BCUT2D eigenvalue weighted by atomic mass is 10.1. The number of nitrogens with one attached hydrogen (secondary N) is 1. The lowest BCUT2D eigenvalue weighted by Gasteiger charge is -2.12. The van der Waals surface area contributed by atoms with E-state index in [-0.39, 0.29) is 0 Å². The van der Waals surface area contributed by atoms with Crippen LogP contribution in [-0.2, 0) is 6.54 Å². The van der Waals surface area contributed by atoms with E-state index in [1.165, 1.54) is 5.56 Å². The second-order valence-corrected chi connectivity index (χ2v) is 6.21. The molecular weight excluding hydrogens is 322 g/mol. The molecule has 4 rings (SSSR count). The first-order valence-corrected chi connectivity index (χ1v) is 8.67. The zero-order valence-corrected chi connectivity index (χ0v) is 14.9. The molecule has 0 fully saturated rings. The fraction of sp³-hybridized carbons (Fsp3) is 0.136. The minimum atomic E-state index is 0.727. The summed E-state index contributed by atoms with van der Waals surface area (Å²) in [5.41, 5.74) is 5.15. The van der Waals surface area contributed by atoms with Crippen LogP contribution in [0.2, 0.25) is 0 Å². The van der Waals surface area contributed by atoms with E-state index >= 15 is 0 Å². The van der Waals surface area contributed by atoms with Gasteiger partial charge >= 0.3 is 0 Å². The van der Waals surface area contributed by atoms with Crippen molar-refractivity contribution in [2.24, 2.45) is 0 Å². The quantitative estimate of drug-likeness (QED) is 0.558. The third-order valence-corrected chi connectivity index (χ3v) is 4.50. The molecule has 0 atom stereocenters. The number of hydrogen-bond donors (Lipinski definition) is 1. The fourth-order valence-corrected chi connectivity index (χ4v) is 3.23. The highest BCUT2D eigenvalue weighted by molar-refractivity contribution is 5.80. The Morgan fingerprint density at radius 2 is 1.69 bits per heavy atom. The van der Waals surface area contributed by atoms with Gasteiger partial charge in [-0.1, -0.05) is 48.5 Å². The summed E-state index contributed by atoms with van der Waals surface area (Å²) in [5.74, 6) is 1.79. The van der Waals surface area contributed by atoms with Crippen molar-refractivity contribution in [2.45, 2.75) is 13.5 Å². The Morgan fingerprint density at radius 1 is 0.923 bits per heavy atom. The van der Waals surface area contributed by atoms with Crippen LogP contribution in [0.4, 0.5) is 5.82 Å². The smallest absolute Gasteiger partial charge is 0.139 e. The lowest BCUT2D eigenvalue weighted by molar-refractivity contribution is 0.416. The third-order valence-electron chi connectivity index (χ3n) is 4.50. The molecule has 0 bridgehead atoms. The molecule has 0 amide bonds. The Kier molecular flexibility index (Phi) is 4.32. The molecule has 0 aliphatic rings. The first-order chi connectivity index (χ1) is 12.8. The SMILES string of the molecule is COc1ccccc1-c1nc2cccc(C)n2c1NCc1ccccc1. The largest absolute Gasteiger partial charge is 0.496 e. The number of para-hydroxylation sites is 1. The number of methoxy groups -OCH3 is 1. The Morgan fingerprint density at radius 3 is 2.50 bits per heavy atom. The summed E-state index contributed by atoms with van der Waals surface area (Å²) >= 11 is 0. The normalized spacial score (nSPS) is 10.8. The number of aryl methyl sites for hydroxylation is 1. The molecule has 4 heteroatoms.